The molecule has 1 saturated heterocycles. The van der Waals surface area contributed by atoms with Gasteiger partial charge in [0.2, 0.25) is 5.91 Å². The Balaban J connectivity index is 1.90. The van der Waals surface area contributed by atoms with Crippen molar-refractivity contribution < 1.29 is 24.2 Å². The topological polar surface area (TPSA) is 109 Å². The van der Waals surface area contributed by atoms with Gasteiger partial charge in [-0.05, 0) is 39.3 Å². The van der Waals surface area contributed by atoms with Gasteiger partial charge in [-0.25, -0.2) is 14.6 Å². The highest BCUT2D eigenvalue weighted by atomic mass is 16.6. The summed E-state index contributed by atoms with van der Waals surface area (Å²) in [5.74, 6) is -1.70. The van der Waals surface area contributed by atoms with Crippen molar-refractivity contribution in [1.82, 2.24) is 9.88 Å². The molecule has 0 spiro atoms. The van der Waals surface area contributed by atoms with Crippen molar-refractivity contribution in [3.63, 3.8) is 0 Å². The van der Waals surface area contributed by atoms with Crippen molar-refractivity contribution in [2.45, 2.75) is 32.8 Å². The van der Waals surface area contributed by atoms with Crippen LogP contribution in [0.15, 0.2) is 18.3 Å². The summed E-state index contributed by atoms with van der Waals surface area (Å²) in [6.07, 6.45) is 1.42. The van der Waals surface area contributed by atoms with E-state index in [1.54, 1.807) is 20.8 Å². The maximum Gasteiger partial charge on any atom is 0.410 e. The average Bonchev–Trinajstić information content (AvgIpc) is 2.96. The highest BCUT2D eigenvalue weighted by Gasteiger charge is 2.33. The number of amides is 2. The van der Waals surface area contributed by atoms with Crippen LogP contribution in [-0.2, 0) is 9.53 Å². The molecule has 0 saturated carbocycles. The molecular formula is C16H21N3O5. The van der Waals surface area contributed by atoms with E-state index in [1.165, 1.54) is 23.2 Å². The third-order valence-electron chi connectivity index (χ3n) is 3.46. The van der Waals surface area contributed by atoms with Crippen molar-refractivity contribution in [2.75, 3.05) is 18.4 Å². The molecule has 2 heterocycles. The Labute approximate surface area is 139 Å². The van der Waals surface area contributed by atoms with Crippen LogP contribution in [-0.4, -0.2) is 51.7 Å². The Morgan fingerprint density at radius 3 is 2.58 bits per heavy atom. The van der Waals surface area contributed by atoms with Gasteiger partial charge in [-0.3, -0.25) is 4.79 Å². The zero-order valence-electron chi connectivity index (χ0n) is 13.9. The highest BCUT2D eigenvalue weighted by molar-refractivity contribution is 5.93. The van der Waals surface area contributed by atoms with E-state index < -0.39 is 17.7 Å². The number of aromatic nitrogens is 1. The predicted octanol–water partition coefficient (Wildman–Crippen LogP) is 1.98. The van der Waals surface area contributed by atoms with Gasteiger partial charge in [0, 0.05) is 13.1 Å². The fraction of sp³-hybridized carbons (Fsp3) is 0.500. The number of anilines is 1. The molecule has 8 heteroatoms. The van der Waals surface area contributed by atoms with Crippen molar-refractivity contribution in [3.05, 3.63) is 24.0 Å². The molecule has 24 heavy (non-hydrogen) atoms. The SMILES string of the molecule is CC(C)(C)OC(=O)N1CC[C@H](C(=O)Nc2ccc(C(=O)O)nc2)C1. The van der Waals surface area contributed by atoms with Crippen molar-refractivity contribution in [1.29, 1.82) is 0 Å². The fourth-order valence-corrected chi connectivity index (χ4v) is 2.31. The highest BCUT2D eigenvalue weighted by Crippen LogP contribution is 2.21. The number of nitrogens with one attached hydrogen (secondary N) is 1. The molecule has 0 aromatic carbocycles. The van der Waals surface area contributed by atoms with E-state index >= 15 is 0 Å². The van der Waals surface area contributed by atoms with Crippen LogP contribution < -0.4 is 5.32 Å². The number of hydrogen-bond acceptors (Lipinski definition) is 5. The minimum absolute atomic E-state index is 0.0926. The molecular weight excluding hydrogens is 314 g/mol. The number of carbonyl (C=O) groups is 3. The number of rotatable bonds is 3. The van der Waals surface area contributed by atoms with Crippen LogP contribution in [0.25, 0.3) is 0 Å². The van der Waals surface area contributed by atoms with E-state index in [0.29, 0.717) is 25.2 Å². The zero-order valence-corrected chi connectivity index (χ0v) is 13.9. The van der Waals surface area contributed by atoms with E-state index in [0.717, 1.165) is 0 Å². The van der Waals surface area contributed by atoms with E-state index in [-0.39, 0.29) is 17.5 Å². The number of likely N-dealkylation sites (tertiary alicyclic amines) is 1. The average molecular weight is 335 g/mol. The van der Waals surface area contributed by atoms with Crippen LogP contribution in [0.1, 0.15) is 37.7 Å². The molecule has 0 radical (unpaired) electrons. The largest absolute Gasteiger partial charge is 0.477 e. The third-order valence-corrected chi connectivity index (χ3v) is 3.46. The lowest BCUT2D eigenvalue weighted by atomic mass is 10.1. The summed E-state index contributed by atoms with van der Waals surface area (Å²) in [4.78, 5) is 40.2. The van der Waals surface area contributed by atoms with Gasteiger partial charge < -0.3 is 20.1 Å². The van der Waals surface area contributed by atoms with Gasteiger partial charge in [0.15, 0.2) is 0 Å². The summed E-state index contributed by atoms with van der Waals surface area (Å²) in [6.45, 7) is 6.13. The van der Waals surface area contributed by atoms with Crippen LogP contribution in [0.3, 0.4) is 0 Å². The van der Waals surface area contributed by atoms with Crippen LogP contribution >= 0.6 is 0 Å². The fourth-order valence-electron chi connectivity index (χ4n) is 2.31. The van der Waals surface area contributed by atoms with E-state index in [9.17, 15) is 14.4 Å². The molecule has 1 atom stereocenters. The molecule has 0 unspecified atom stereocenters. The van der Waals surface area contributed by atoms with E-state index in [2.05, 4.69) is 10.3 Å². The maximum atomic E-state index is 12.3. The predicted molar refractivity (Wildman–Crippen MR) is 85.7 cm³/mol. The third kappa shape index (κ3) is 4.68. The van der Waals surface area contributed by atoms with E-state index in [4.69, 9.17) is 9.84 Å². The number of carboxylic acids is 1. The Bertz CT molecular complexity index is 636. The van der Waals surface area contributed by atoms with E-state index in [1.807, 2.05) is 0 Å². The summed E-state index contributed by atoms with van der Waals surface area (Å²) in [6, 6.07) is 2.80. The Morgan fingerprint density at radius 1 is 1.33 bits per heavy atom. The summed E-state index contributed by atoms with van der Waals surface area (Å²) in [5, 5.41) is 11.5. The monoisotopic (exact) mass is 335 g/mol. The molecule has 0 bridgehead atoms. The van der Waals surface area contributed by atoms with Gasteiger partial charge in [0.25, 0.3) is 0 Å². The Kier molecular flexibility index (Phi) is 5.06. The number of hydrogen-bond donors (Lipinski definition) is 2. The maximum absolute atomic E-state index is 12.3. The lowest BCUT2D eigenvalue weighted by Crippen LogP contribution is -2.36. The molecule has 2 N–H and O–H groups in total. The zero-order chi connectivity index (χ0) is 17.9. The minimum Gasteiger partial charge on any atom is -0.477 e. The lowest BCUT2D eigenvalue weighted by molar-refractivity contribution is -0.119. The number of nitrogens with zero attached hydrogens (tertiary/aromatic N) is 2. The molecule has 0 aliphatic carbocycles. The smallest absolute Gasteiger partial charge is 0.410 e. The molecule has 1 aliphatic rings. The number of aromatic carboxylic acids is 1. The number of ether oxygens (including phenoxy) is 1. The quantitative estimate of drug-likeness (QED) is 0.874. The van der Waals surface area contributed by atoms with Crippen LogP contribution in [0.5, 0.6) is 0 Å². The standard InChI is InChI=1S/C16H21N3O5/c1-16(2,3)24-15(23)19-7-6-10(9-19)13(20)18-11-4-5-12(14(21)22)17-8-11/h4-5,8,10H,6-7,9H2,1-3H3,(H,18,20)(H,21,22)/t10-/m0/s1. The summed E-state index contributed by atoms with van der Waals surface area (Å²) >= 11 is 0. The molecule has 2 amide bonds. The molecule has 1 fully saturated rings. The van der Waals surface area contributed by atoms with Crippen molar-refractivity contribution in [2.24, 2.45) is 5.92 Å². The van der Waals surface area contributed by atoms with Gasteiger partial charge in [0.05, 0.1) is 17.8 Å². The molecule has 1 aromatic rings. The molecule has 130 valence electrons. The Hall–Kier alpha value is -2.64. The van der Waals surface area contributed by atoms with Crippen LogP contribution in [0, 0.1) is 5.92 Å². The molecule has 8 nitrogen and oxygen atoms in total. The van der Waals surface area contributed by atoms with Gasteiger partial charge in [-0.2, -0.15) is 0 Å². The Morgan fingerprint density at radius 2 is 2.04 bits per heavy atom. The van der Waals surface area contributed by atoms with Crippen molar-refractivity contribution in [3.8, 4) is 0 Å². The molecule has 1 aromatic heterocycles. The lowest BCUT2D eigenvalue weighted by Gasteiger charge is -2.24. The first kappa shape index (κ1) is 17.7. The second-order valence-electron chi connectivity index (χ2n) is 6.64. The second-order valence-corrected chi connectivity index (χ2v) is 6.64. The number of carboxylic acid groups (broad SMARTS) is 1. The molecule has 1 aliphatic heterocycles. The summed E-state index contributed by atoms with van der Waals surface area (Å²) in [5.41, 5.74) is -0.250. The first-order chi connectivity index (χ1) is 11.2. The molecule has 2 rings (SSSR count). The normalized spacial score (nSPS) is 17.5. The number of pyridine rings is 1. The first-order valence-electron chi connectivity index (χ1n) is 7.64. The van der Waals surface area contributed by atoms with Crippen molar-refractivity contribution >= 4 is 23.7 Å². The van der Waals surface area contributed by atoms with Gasteiger partial charge in [-0.15, -0.1) is 0 Å². The summed E-state index contributed by atoms with van der Waals surface area (Å²) in [7, 11) is 0. The van der Waals surface area contributed by atoms with Crippen LogP contribution in [0.4, 0.5) is 10.5 Å². The van der Waals surface area contributed by atoms with Crippen LogP contribution in [0.2, 0.25) is 0 Å². The van der Waals surface area contributed by atoms with Gasteiger partial charge in [0.1, 0.15) is 11.3 Å². The summed E-state index contributed by atoms with van der Waals surface area (Å²) < 4.78 is 5.29. The van der Waals surface area contributed by atoms with Gasteiger partial charge in [-0.1, -0.05) is 0 Å². The number of carbonyl (C=O) groups excluding carboxylic acids is 2. The van der Waals surface area contributed by atoms with Gasteiger partial charge >= 0.3 is 12.1 Å². The first-order valence-corrected chi connectivity index (χ1v) is 7.64. The minimum atomic E-state index is -1.13. The second kappa shape index (κ2) is 6.86.